The first-order chi connectivity index (χ1) is 12.8. The van der Waals surface area contributed by atoms with Gasteiger partial charge in [-0.2, -0.15) is 16.6 Å². The van der Waals surface area contributed by atoms with Crippen LogP contribution in [0.3, 0.4) is 0 Å². The summed E-state index contributed by atoms with van der Waals surface area (Å²) in [5.41, 5.74) is 9.05. The third-order valence-corrected chi connectivity index (χ3v) is 6.65. The van der Waals surface area contributed by atoms with Crippen LogP contribution >= 0.6 is 34.9 Å². The molecule has 2 aliphatic rings. The van der Waals surface area contributed by atoms with E-state index in [0.717, 1.165) is 11.3 Å². The molecular weight excluding hydrogens is 398 g/mol. The lowest BCUT2D eigenvalue weighted by Gasteiger charge is -2.42. The Morgan fingerprint density at radius 2 is 2.26 bits per heavy atom. The number of carbonyl (C=O) groups excluding carboxylic acids is 1. The number of anilines is 1. The van der Waals surface area contributed by atoms with Crippen molar-refractivity contribution in [2.45, 2.75) is 32.6 Å². The molecule has 138 valence electrons. The van der Waals surface area contributed by atoms with Gasteiger partial charge in [0.05, 0.1) is 17.6 Å². The van der Waals surface area contributed by atoms with E-state index in [4.69, 9.17) is 18.0 Å². The van der Waals surface area contributed by atoms with Crippen LogP contribution in [0.1, 0.15) is 38.2 Å². The first-order valence-electron chi connectivity index (χ1n) is 8.36. The highest BCUT2D eigenvalue weighted by atomic mass is 32.1. The first kappa shape index (κ1) is 18.1. The normalized spacial score (nSPS) is 22.0. The molecule has 3 heterocycles. The number of aromatic nitrogens is 2. The van der Waals surface area contributed by atoms with E-state index in [0.29, 0.717) is 38.9 Å². The highest BCUT2D eigenvalue weighted by molar-refractivity contribution is 7.73. The summed E-state index contributed by atoms with van der Waals surface area (Å²) in [6.45, 7) is 4.14. The number of ketones is 1. The predicted octanol–water partition coefficient (Wildman–Crippen LogP) is 4.20. The molecule has 0 spiro atoms. The van der Waals surface area contributed by atoms with Gasteiger partial charge < -0.3 is 5.73 Å². The minimum Gasteiger partial charge on any atom is -0.384 e. The van der Waals surface area contributed by atoms with Crippen molar-refractivity contribution in [1.29, 1.82) is 5.26 Å². The van der Waals surface area contributed by atoms with E-state index in [9.17, 15) is 10.1 Å². The summed E-state index contributed by atoms with van der Waals surface area (Å²) in [7, 11) is 0. The van der Waals surface area contributed by atoms with Gasteiger partial charge in [0.1, 0.15) is 5.82 Å². The lowest BCUT2D eigenvalue weighted by atomic mass is 9.69. The zero-order valence-corrected chi connectivity index (χ0v) is 17.2. The molecule has 0 fully saturated rings. The summed E-state index contributed by atoms with van der Waals surface area (Å²) in [6, 6.07) is 4.19. The van der Waals surface area contributed by atoms with Crippen molar-refractivity contribution in [3.63, 3.8) is 0 Å². The van der Waals surface area contributed by atoms with Gasteiger partial charge in [0.15, 0.2) is 9.74 Å². The second kappa shape index (κ2) is 6.41. The van der Waals surface area contributed by atoms with E-state index >= 15 is 0 Å². The number of nitriles is 1. The molecule has 3 N–H and O–H groups in total. The molecule has 0 saturated carbocycles. The predicted molar refractivity (Wildman–Crippen MR) is 109 cm³/mol. The molecule has 1 atom stereocenters. The minimum atomic E-state index is -0.428. The number of nitrogens with zero attached hydrogens (tertiary/aromatic N) is 3. The zero-order chi connectivity index (χ0) is 19.3. The Labute approximate surface area is 169 Å². The van der Waals surface area contributed by atoms with Gasteiger partial charge in [-0.05, 0) is 46.4 Å². The molecule has 1 unspecified atom stereocenters. The maximum atomic E-state index is 13.2. The van der Waals surface area contributed by atoms with Crippen molar-refractivity contribution in [3.05, 3.63) is 49.0 Å². The summed E-state index contributed by atoms with van der Waals surface area (Å²) in [4.78, 5) is 14.9. The van der Waals surface area contributed by atoms with Crippen LogP contribution in [0.25, 0.3) is 0 Å². The van der Waals surface area contributed by atoms with Crippen LogP contribution in [0.2, 0.25) is 0 Å². The number of carbonyl (C=O) groups is 1. The third kappa shape index (κ3) is 2.94. The molecule has 2 aromatic rings. The summed E-state index contributed by atoms with van der Waals surface area (Å²) in [5, 5.41) is 21.4. The van der Waals surface area contributed by atoms with Crippen molar-refractivity contribution in [3.8, 4) is 6.07 Å². The van der Waals surface area contributed by atoms with Gasteiger partial charge in [-0.25, -0.2) is 0 Å². The smallest absolute Gasteiger partial charge is 0.216 e. The molecule has 27 heavy (non-hydrogen) atoms. The number of thiophene rings is 1. The summed E-state index contributed by atoms with van der Waals surface area (Å²) in [6.07, 6.45) is 1.11. The number of hydrogen-bond donors (Lipinski definition) is 2. The number of allylic oxidation sites excluding steroid dienone is 3. The molecule has 1 aliphatic heterocycles. The van der Waals surface area contributed by atoms with E-state index < -0.39 is 5.92 Å². The number of Topliss-reactive ketones (excluding diaryl/α,β-unsaturated/α-hetero) is 1. The van der Waals surface area contributed by atoms with Gasteiger partial charge in [-0.15, -0.1) is 5.10 Å². The summed E-state index contributed by atoms with van der Waals surface area (Å²) < 4.78 is 0.514. The molecule has 0 radical (unpaired) electrons. The van der Waals surface area contributed by atoms with Crippen LogP contribution in [-0.4, -0.2) is 16.0 Å². The molecule has 6 nitrogen and oxygen atoms in total. The van der Waals surface area contributed by atoms with Crippen LogP contribution in [0, 0.1) is 20.7 Å². The van der Waals surface area contributed by atoms with Gasteiger partial charge in [-0.3, -0.25) is 14.8 Å². The van der Waals surface area contributed by atoms with Gasteiger partial charge in [0, 0.05) is 17.7 Å². The van der Waals surface area contributed by atoms with Crippen molar-refractivity contribution < 1.29 is 4.79 Å². The summed E-state index contributed by atoms with van der Waals surface area (Å²) in [5.74, 6) is -0.0550. The summed E-state index contributed by atoms with van der Waals surface area (Å²) >= 11 is 7.98. The van der Waals surface area contributed by atoms with E-state index in [1.165, 1.54) is 22.7 Å². The Hall–Kier alpha value is -2.28. The number of H-pyrrole nitrogens is 1. The largest absolute Gasteiger partial charge is 0.384 e. The SMILES string of the molecule is CC1(C)CC(=O)C2=C(C1)N(c1n[nH]c(=S)s1)C(N)=C(C#N)C2c1ccsc1. The molecule has 0 amide bonds. The fourth-order valence-corrected chi connectivity index (χ4v) is 5.42. The van der Waals surface area contributed by atoms with Gasteiger partial charge in [0.2, 0.25) is 5.13 Å². The lowest BCUT2D eigenvalue weighted by Crippen LogP contribution is -2.42. The lowest BCUT2D eigenvalue weighted by molar-refractivity contribution is -0.118. The van der Waals surface area contributed by atoms with Crippen molar-refractivity contribution in [2.75, 3.05) is 4.90 Å². The number of rotatable bonds is 2. The Morgan fingerprint density at radius 1 is 1.48 bits per heavy atom. The van der Waals surface area contributed by atoms with E-state index in [-0.39, 0.29) is 11.2 Å². The Morgan fingerprint density at radius 3 is 2.85 bits per heavy atom. The van der Waals surface area contributed by atoms with Crippen molar-refractivity contribution in [1.82, 2.24) is 10.2 Å². The van der Waals surface area contributed by atoms with Crippen LogP contribution in [-0.2, 0) is 4.79 Å². The topological polar surface area (TPSA) is 98.8 Å². The quantitative estimate of drug-likeness (QED) is 0.713. The van der Waals surface area contributed by atoms with E-state index in [2.05, 4.69) is 30.1 Å². The fourth-order valence-electron chi connectivity index (χ4n) is 3.82. The number of nitrogens with two attached hydrogens (primary N) is 1. The van der Waals surface area contributed by atoms with Crippen molar-refractivity contribution in [2.24, 2.45) is 11.1 Å². The van der Waals surface area contributed by atoms with Crippen LogP contribution < -0.4 is 10.6 Å². The second-order valence-corrected chi connectivity index (χ2v) is 9.86. The molecule has 1 aliphatic carbocycles. The molecular formula is C18H17N5OS3. The third-order valence-electron chi connectivity index (χ3n) is 4.88. The van der Waals surface area contributed by atoms with Crippen molar-refractivity contribution >= 4 is 45.8 Å². The highest BCUT2D eigenvalue weighted by Gasteiger charge is 2.45. The monoisotopic (exact) mass is 415 g/mol. The number of aromatic amines is 1. The molecule has 9 heteroatoms. The second-order valence-electron chi connectivity index (χ2n) is 7.43. The number of nitrogens with one attached hydrogen (secondary N) is 1. The molecule has 0 saturated heterocycles. The van der Waals surface area contributed by atoms with Gasteiger partial charge >= 0.3 is 0 Å². The molecule has 4 rings (SSSR count). The Kier molecular flexibility index (Phi) is 4.29. The Balaban J connectivity index is 2.01. The van der Waals surface area contributed by atoms with Gasteiger partial charge in [0.25, 0.3) is 0 Å². The minimum absolute atomic E-state index is 0.0573. The average molecular weight is 416 g/mol. The average Bonchev–Trinajstić information content (AvgIpc) is 3.24. The highest BCUT2D eigenvalue weighted by Crippen LogP contribution is 2.50. The molecule has 0 bridgehead atoms. The van der Waals surface area contributed by atoms with Crippen LogP contribution in [0.15, 0.2) is 39.5 Å². The van der Waals surface area contributed by atoms with Crippen LogP contribution in [0.5, 0.6) is 0 Å². The maximum Gasteiger partial charge on any atom is 0.216 e. The van der Waals surface area contributed by atoms with Crippen LogP contribution in [0.4, 0.5) is 5.13 Å². The Bertz CT molecular complexity index is 1080. The fraction of sp³-hybridized carbons (Fsp3) is 0.333. The molecule has 2 aromatic heterocycles. The van der Waals surface area contributed by atoms with E-state index in [1.807, 2.05) is 16.8 Å². The number of hydrogen-bond acceptors (Lipinski definition) is 8. The van der Waals surface area contributed by atoms with Gasteiger partial charge in [-0.1, -0.05) is 25.2 Å². The van der Waals surface area contributed by atoms with E-state index in [1.54, 1.807) is 4.90 Å². The molecule has 0 aromatic carbocycles. The standard InChI is InChI=1S/C18H17N5OS3/c1-18(2)5-11-14(12(24)6-18)13(9-3-4-26-8-9)10(7-19)15(20)23(11)16-21-22-17(25)27-16/h3-4,8,13H,5-6,20H2,1-2H3,(H,22,25). The maximum absolute atomic E-state index is 13.2. The zero-order valence-electron chi connectivity index (χ0n) is 14.8. The first-order valence-corrected chi connectivity index (χ1v) is 10.5.